The zero-order valence-electron chi connectivity index (χ0n) is 17.1. The van der Waals surface area contributed by atoms with E-state index in [0.717, 1.165) is 62.7 Å². The Kier molecular flexibility index (Phi) is 5.85. The number of rotatable bonds is 4. The maximum atomic E-state index is 12.9. The molecule has 2 saturated heterocycles. The molecule has 1 aromatic heterocycles. The third-order valence-electron chi connectivity index (χ3n) is 7.15. The van der Waals surface area contributed by atoms with E-state index in [9.17, 15) is 9.90 Å². The van der Waals surface area contributed by atoms with Crippen LogP contribution in [0.5, 0.6) is 0 Å². The van der Waals surface area contributed by atoms with E-state index in [1.54, 1.807) is 6.20 Å². The molecule has 1 N–H and O–H groups in total. The molecule has 6 nitrogen and oxygen atoms in total. The van der Waals surface area contributed by atoms with Crippen molar-refractivity contribution in [2.24, 2.45) is 11.3 Å². The van der Waals surface area contributed by atoms with Crippen LogP contribution in [-0.4, -0.2) is 58.2 Å². The molecular formula is C22H34N4O2. The van der Waals surface area contributed by atoms with Crippen LogP contribution in [0, 0.1) is 18.3 Å². The molecule has 1 aliphatic carbocycles. The van der Waals surface area contributed by atoms with Crippen molar-refractivity contribution in [1.82, 2.24) is 14.9 Å². The molecule has 28 heavy (non-hydrogen) atoms. The molecule has 1 spiro atoms. The van der Waals surface area contributed by atoms with Gasteiger partial charge in [-0.2, -0.15) is 0 Å². The molecule has 154 valence electrons. The number of aliphatic hydroxyl groups is 1. The van der Waals surface area contributed by atoms with Gasteiger partial charge in [0.2, 0.25) is 5.91 Å². The summed E-state index contributed by atoms with van der Waals surface area (Å²) in [5.41, 5.74) is 0.662. The molecule has 3 fully saturated rings. The molecule has 4 rings (SSSR count). The zero-order valence-corrected chi connectivity index (χ0v) is 17.1. The minimum absolute atomic E-state index is 0.245. The number of hydrogen-bond donors (Lipinski definition) is 1. The van der Waals surface area contributed by atoms with Crippen LogP contribution in [0.25, 0.3) is 0 Å². The van der Waals surface area contributed by atoms with Gasteiger partial charge < -0.3 is 14.9 Å². The minimum atomic E-state index is -0.355. The molecule has 1 unspecified atom stereocenters. The number of anilines is 1. The summed E-state index contributed by atoms with van der Waals surface area (Å²) >= 11 is 0. The van der Waals surface area contributed by atoms with E-state index in [2.05, 4.69) is 14.9 Å². The molecular weight excluding hydrogens is 352 g/mol. The molecule has 1 aromatic rings. The summed E-state index contributed by atoms with van der Waals surface area (Å²) < 4.78 is 0. The summed E-state index contributed by atoms with van der Waals surface area (Å²) in [6, 6.07) is 0. The molecule has 3 aliphatic rings. The van der Waals surface area contributed by atoms with Crippen molar-refractivity contribution in [2.75, 3.05) is 31.1 Å². The molecule has 6 heteroatoms. The van der Waals surface area contributed by atoms with Gasteiger partial charge in [0.15, 0.2) is 0 Å². The van der Waals surface area contributed by atoms with Gasteiger partial charge in [-0.1, -0.05) is 25.7 Å². The van der Waals surface area contributed by atoms with Gasteiger partial charge in [-0.15, -0.1) is 0 Å². The highest BCUT2D eigenvalue weighted by atomic mass is 16.3. The first kappa shape index (κ1) is 19.6. The van der Waals surface area contributed by atoms with E-state index in [4.69, 9.17) is 0 Å². The van der Waals surface area contributed by atoms with Crippen LogP contribution in [0.1, 0.15) is 63.5 Å². The lowest BCUT2D eigenvalue weighted by Crippen LogP contribution is -2.60. The van der Waals surface area contributed by atoms with E-state index in [1.807, 2.05) is 18.0 Å². The van der Waals surface area contributed by atoms with Crippen LogP contribution in [-0.2, 0) is 4.79 Å². The van der Waals surface area contributed by atoms with Gasteiger partial charge in [0.25, 0.3) is 0 Å². The standard InChI is InChI=1S/C22H34N4O2/c1-17-13-23-14-20(24-17)25-12-9-19(27)22(15-25)10-4-11-26(16-22)21(28)8-7-18-5-2-3-6-18/h13-14,18-19,27H,2-12,15-16H2,1H3/t19?,22-/m1/s1. The first-order valence-electron chi connectivity index (χ1n) is 11.1. The number of carbonyl (C=O) groups is 1. The lowest BCUT2D eigenvalue weighted by atomic mass is 9.71. The number of nitrogens with zero attached hydrogens (tertiary/aromatic N) is 4. The number of hydrogen-bond acceptors (Lipinski definition) is 5. The Bertz CT molecular complexity index is 691. The average molecular weight is 387 g/mol. The Morgan fingerprint density at radius 1 is 1.18 bits per heavy atom. The minimum Gasteiger partial charge on any atom is -0.392 e. The molecule has 0 radical (unpaired) electrons. The van der Waals surface area contributed by atoms with Crippen molar-refractivity contribution in [1.29, 1.82) is 0 Å². The van der Waals surface area contributed by atoms with E-state index < -0.39 is 0 Å². The molecule has 1 saturated carbocycles. The van der Waals surface area contributed by atoms with Crippen molar-refractivity contribution in [3.05, 3.63) is 18.1 Å². The van der Waals surface area contributed by atoms with Gasteiger partial charge in [-0.05, 0) is 38.5 Å². The van der Waals surface area contributed by atoms with Crippen molar-refractivity contribution < 1.29 is 9.90 Å². The molecule has 3 heterocycles. The maximum absolute atomic E-state index is 12.9. The van der Waals surface area contributed by atoms with Crippen LogP contribution < -0.4 is 4.90 Å². The molecule has 1 amide bonds. The predicted molar refractivity (Wildman–Crippen MR) is 109 cm³/mol. The van der Waals surface area contributed by atoms with Crippen LogP contribution in [0.2, 0.25) is 0 Å². The largest absolute Gasteiger partial charge is 0.392 e. The Labute approximate surface area is 168 Å². The van der Waals surface area contributed by atoms with Crippen LogP contribution in [0.15, 0.2) is 12.4 Å². The summed E-state index contributed by atoms with van der Waals surface area (Å²) in [6.07, 6.45) is 12.8. The Hall–Kier alpha value is -1.69. The quantitative estimate of drug-likeness (QED) is 0.862. The highest BCUT2D eigenvalue weighted by Crippen LogP contribution is 2.40. The SMILES string of the molecule is Cc1cncc(N2CCC(O)[C@]3(CCCN(C(=O)CCC4CCCC4)C3)C2)n1. The average Bonchev–Trinajstić information content (AvgIpc) is 3.22. The lowest BCUT2D eigenvalue weighted by Gasteiger charge is -2.51. The first-order valence-corrected chi connectivity index (χ1v) is 11.1. The van der Waals surface area contributed by atoms with Crippen molar-refractivity contribution >= 4 is 11.7 Å². The first-order chi connectivity index (χ1) is 13.6. The Morgan fingerprint density at radius 2 is 2.00 bits per heavy atom. The molecule has 0 aromatic carbocycles. The monoisotopic (exact) mass is 386 g/mol. The van der Waals surface area contributed by atoms with Gasteiger partial charge in [0.1, 0.15) is 5.82 Å². The number of aromatic nitrogens is 2. The fourth-order valence-electron chi connectivity index (χ4n) is 5.51. The Morgan fingerprint density at radius 3 is 2.79 bits per heavy atom. The number of likely N-dealkylation sites (tertiary alicyclic amines) is 1. The molecule has 2 atom stereocenters. The maximum Gasteiger partial charge on any atom is 0.222 e. The van der Waals surface area contributed by atoms with E-state index in [-0.39, 0.29) is 17.4 Å². The summed E-state index contributed by atoms with van der Waals surface area (Å²) in [5.74, 6) is 1.92. The number of aryl methyl sites for hydroxylation is 1. The van der Waals surface area contributed by atoms with Crippen LogP contribution >= 0.6 is 0 Å². The third kappa shape index (κ3) is 4.17. The Balaban J connectivity index is 1.42. The second-order valence-corrected chi connectivity index (χ2v) is 9.22. The molecule has 0 bridgehead atoms. The fraction of sp³-hybridized carbons (Fsp3) is 0.773. The lowest BCUT2D eigenvalue weighted by molar-refractivity contribution is -0.138. The van der Waals surface area contributed by atoms with Crippen molar-refractivity contribution in [3.8, 4) is 0 Å². The number of carbonyl (C=O) groups excluding carboxylic acids is 1. The fourth-order valence-corrected chi connectivity index (χ4v) is 5.51. The van der Waals surface area contributed by atoms with Crippen molar-refractivity contribution in [3.63, 3.8) is 0 Å². The topological polar surface area (TPSA) is 69.6 Å². The zero-order chi connectivity index (χ0) is 19.6. The number of piperidine rings is 2. The third-order valence-corrected chi connectivity index (χ3v) is 7.15. The van der Waals surface area contributed by atoms with Gasteiger partial charge in [-0.3, -0.25) is 9.78 Å². The van der Waals surface area contributed by atoms with Gasteiger partial charge >= 0.3 is 0 Å². The summed E-state index contributed by atoms with van der Waals surface area (Å²) in [6.45, 7) is 5.00. The summed E-state index contributed by atoms with van der Waals surface area (Å²) in [7, 11) is 0. The second kappa shape index (κ2) is 8.36. The second-order valence-electron chi connectivity index (χ2n) is 9.22. The smallest absolute Gasteiger partial charge is 0.222 e. The normalized spacial score (nSPS) is 28.9. The molecule has 2 aliphatic heterocycles. The van der Waals surface area contributed by atoms with Gasteiger partial charge in [0.05, 0.1) is 18.0 Å². The summed E-state index contributed by atoms with van der Waals surface area (Å²) in [5, 5.41) is 10.9. The predicted octanol–water partition coefficient (Wildman–Crippen LogP) is 2.94. The highest BCUT2D eigenvalue weighted by molar-refractivity contribution is 5.76. The highest BCUT2D eigenvalue weighted by Gasteiger charge is 2.46. The number of aliphatic hydroxyl groups excluding tert-OH is 1. The van der Waals surface area contributed by atoms with Gasteiger partial charge in [0, 0.05) is 44.2 Å². The van der Waals surface area contributed by atoms with E-state index in [1.165, 1.54) is 25.7 Å². The van der Waals surface area contributed by atoms with Crippen LogP contribution in [0.4, 0.5) is 5.82 Å². The summed E-state index contributed by atoms with van der Waals surface area (Å²) in [4.78, 5) is 26.1. The van der Waals surface area contributed by atoms with Crippen LogP contribution in [0.3, 0.4) is 0 Å². The van der Waals surface area contributed by atoms with Crippen molar-refractivity contribution in [2.45, 2.75) is 70.8 Å². The van der Waals surface area contributed by atoms with E-state index in [0.29, 0.717) is 13.0 Å². The van der Waals surface area contributed by atoms with E-state index >= 15 is 0 Å². The van der Waals surface area contributed by atoms with Gasteiger partial charge in [-0.25, -0.2) is 4.98 Å². The number of amides is 1.